The van der Waals surface area contributed by atoms with Crippen LogP contribution in [-0.4, -0.2) is 35.0 Å². The first-order valence-electron chi connectivity index (χ1n) is 6.35. The second kappa shape index (κ2) is 5.78. The molecular formula is C14H22N2S. The lowest BCUT2D eigenvalue weighted by atomic mass is 10.1. The van der Waals surface area contributed by atoms with E-state index in [-0.39, 0.29) is 0 Å². The summed E-state index contributed by atoms with van der Waals surface area (Å²) in [5, 5.41) is 1.54. The molecule has 1 aromatic rings. The van der Waals surface area contributed by atoms with Crippen molar-refractivity contribution in [1.82, 2.24) is 4.90 Å². The standard InChI is InChI=1S/C14H22N2S/c1-11-9-16(10-12(2)17-11)8-7-13-3-5-14(15)6-4-13/h3-6,11-12H,7-10,15H2,1-2H3. The van der Waals surface area contributed by atoms with Gasteiger partial charge in [0.05, 0.1) is 0 Å². The number of nitrogen functional groups attached to an aromatic ring is 1. The highest BCUT2D eigenvalue weighted by Crippen LogP contribution is 2.24. The maximum Gasteiger partial charge on any atom is 0.0314 e. The summed E-state index contributed by atoms with van der Waals surface area (Å²) in [5.74, 6) is 0. The molecule has 0 spiro atoms. The van der Waals surface area contributed by atoms with Gasteiger partial charge in [-0.3, -0.25) is 0 Å². The van der Waals surface area contributed by atoms with Crippen LogP contribution in [0.1, 0.15) is 19.4 Å². The highest BCUT2D eigenvalue weighted by molar-refractivity contribution is 8.00. The van der Waals surface area contributed by atoms with Crippen LogP contribution in [0.15, 0.2) is 24.3 Å². The average molecular weight is 250 g/mol. The van der Waals surface area contributed by atoms with Gasteiger partial charge in [-0.25, -0.2) is 0 Å². The summed E-state index contributed by atoms with van der Waals surface area (Å²) < 4.78 is 0. The Bertz CT molecular complexity index is 340. The first kappa shape index (κ1) is 12.8. The Morgan fingerprint density at radius 2 is 1.76 bits per heavy atom. The Labute approximate surface area is 109 Å². The maximum atomic E-state index is 5.69. The van der Waals surface area contributed by atoms with Gasteiger partial charge in [-0.1, -0.05) is 26.0 Å². The van der Waals surface area contributed by atoms with E-state index in [1.54, 1.807) is 0 Å². The summed E-state index contributed by atoms with van der Waals surface area (Å²) >= 11 is 2.11. The van der Waals surface area contributed by atoms with E-state index in [1.807, 2.05) is 12.1 Å². The van der Waals surface area contributed by atoms with Crippen molar-refractivity contribution in [3.8, 4) is 0 Å². The zero-order chi connectivity index (χ0) is 12.3. The van der Waals surface area contributed by atoms with Crippen molar-refractivity contribution >= 4 is 17.4 Å². The fourth-order valence-corrected chi connectivity index (χ4v) is 3.83. The highest BCUT2D eigenvalue weighted by atomic mass is 32.2. The third kappa shape index (κ3) is 3.93. The number of nitrogens with zero attached hydrogens (tertiary/aromatic N) is 1. The summed E-state index contributed by atoms with van der Waals surface area (Å²) in [4.78, 5) is 2.59. The minimum atomic E-state index is 0.769. The fourth-order valence-electron chi connectivity index (χ4n) is 2.44. The molecule has 1 saturated heterocycles. The second-order valence-electron chi connectivity index (χ2n) is 5.01. The van der Waals surface area contributed by atoms with Crippen LogP contribution < -0.4 is 5.73 Å². The number of hydrogen-bond acceptors (Lipinski definition) is 3. The smallest absolute Gasteiger partial charge is 0.0314 e. The van der Waals surface area contributed by atoms with Crippen molar-refractivity contribution in [1.29, 1.82) is 0 Å². The van der Waals surface area contributed by atoms with Gasteiger partial charge >= 0.3 is 0 Å². The van der Waals surface area contributed by atoms with Gasteiger partial charge < -0.3 is 10.6 Å². The normalized spacial score (nSPS) is 26.0. The minimum absolute atomic E-state index is 0.769. The average Bonchev–Trinajstić information content (AvgIpc) is 2.27. The van der Waals surface area contributed by atoms with Crippen molar-refractivity contribution in [2.24, 2.45) is 0 Å². The molecule has 0 aromatic heterocycles. The zero-order valence-electron chi connectivity index (χ0n) is 10.7. The van der Waals surface area contributed by atoms with Gasteiger partial charge in [-0.15, -0.1) is 0 Å². The SMILES string of the molecule is CC1CN(CCc2ccc(N)cc2)CC(C)S1. The van der Waals surface area contributed by atoms with Gasteiger partial charge in [0.1, 0.15) is 0 Å². The van der Waals surface area contributed by atoms with Crippen molar-refractivity contribution in [2.45, 2.75) is 30.8 Å². The van der Waals surface area contributed by atoms with E-state index < -0.39 is 0 Å². The van der Waals surface area contributed by atoms with Crippen molar-refractivity contribution in [3.63, 3.8) is 0 Å². The first-order valence-corrected chi connectivity index (χ1v) is 7.30. The molecule has 0 amide bonds. The summed E-state index contributed by atoms with van der Waals surface area (Å²) in [7, 11) is 0. The van der Waals surface area contributed by atoms with Gasteiger partial charge in [0.2, 0.25) is 0 Å². The summed E-state index contributed by atoms with van der Waals surface area (Å²) in [5.41, 5.74) is 7.93. The molecule has 1 aromatic carbocycles. The number of nitrogens with two attached hydrogens (primary N) is 1. The molecule has 3 heteroatoms. The van der Waals surface area contributed by atoms with E-state index in [9.17, 15) is 0 Å². The van der Waals surface area contributed by atoms with E-state index >= 15 is 0 Å². The molecule has 1 aliphatic rings. The van der Waals surface area contributed by atoms with Crippen LogP contribution in [0.3, 0.4) is 0 Å². The van der Waals surface area contributed by atoms with E-state index in [2.05, 4.69) is 42.6 Å². The highest BCUT2D eigenvalue weighted by Gasteiger charge is 2.21. The summed E-state index contributed by atoms with van der Waals surface area (Å²) in [6, 6.07) is 8.26. The lowest BCUT2D eigenvalue weighted by Gasteiger charge is -2.34. The fraction of sp³-hybridized carbons (Fsp3) is 0.571. The van der Waals surface area contributed by atoms with Crippen molar-refractivity contribution < 1.29 is 0 Å². The van der Waals surface area contributed by atoms with E-state index in [1.165, 1.54) is 25.2 Å². The molecule has 1 heterocycles. The third-order valence-electron chi connectivity index (χ3n) is 3.19. The lowest BCUT2D eigenvalue weighted by Crippen LogP contribution is -2.41. The van der Waals surface area contributed by atoms with E-state index in [0.29, 0.717) is 0 Å². The topological polar surface area (TPSA) is 29.3 Å². The predicted molar refractivity (Wildman–Crippen MR) is 77.5 cm³/mol. The third-order valence-corrected chi connectivity index (χ3v) is 4.42. The van der Waals surface area contributed by atoms with Gasteiger partial charge in [-0.2, -0.15) is 11.8 Å². The van der Waals surface area contributed by atoms with E-state index in [4.69, 9.17) is 5.73 Å². The van der Waals surface area contributed by atoms with Crippen LogP contribution in [0, 0.1) is 0 Å². The van der Waals surface area contributed by atoms with Crippen LogP contribution in [-0.2, 0) is 6.42 Å². The van der Waals surface area contributed by atoms with Crippen LogP contribution >= 0.6 is 11.8 Å². The predicted octanol–water partition coefficient (Wildman–Crippen LogP) is 2.64. The lowest BCUT2D eigenvalue weighted by molar-refractivity contribution is 0.274. The van der Waals surface area contributed by atoms with Gasteiger partial charge in [0.25, 0.3) is 0 Å². The molecule has 1 fully saturated rings. The molecule has 2 atom stereocenters. The number of thioether (sulfide) groups is 1. The minimum Gasteiger partial charge on any atom is -0.399 e. The number of rotatable bonds is 3. The van der Waals surface area contributed by atoms with Crippen LogP contribution in [0.4, 0.5) is 5.69 Å². The zero-order valence-corrected chi connectivity index (χ0v) is 11.5. The molecule has 94 valence electrons. The molecule has 1 aliphatic heterocycles. The molecule has 0 bridgehead atoms. The molecule has 2 unspecified atom stereocenters. The Hall–Kier alpha value is -0.670. The van der Waals surface area contributed by atoms with Gasteiger partial charge in [0, 0.05) is 35.8 Å². The van der Waals surface area contributed by atoms with Crippen LogP contribution in [0.2, 0.25) is 0 Å². The summed E-state index contributed by atoms with van der Waals surface area (Å²) in [6.45, 7) is 8.28. The Balaban J connectivity index is 1.83. The number of anilines is 1. The second-order valence-corrected chi connectivity index (χ2v) is 6.89. The molecule has 0 radical (unpaired) electrons. The van der Waals surface area contributed by atoms with Gasteiger partial charge in [-0.05, 0) is 24.1 Å². The Morgan fingerprint density at radius 1 is 1.18 bits per heavy atom. The Morgan fingerprint density at radius 3 is 2.35 bits per heavy atom. The number of hydrogen-bond donors (Lipinski definition) is 1. The molecular weight excluding hydrogens is 228 g/mol. The van der Waals surface area contributed by atoms with Crippen LogP contribution in [0.5, 0.6) is 0 Å². The maximum absolute atomic E-state index is 5.69. The molecule has 2 rings (SSSR count). The monoisotopic (exact) mass is 250 g/mol. The molecule has 17 heavy (non-hydrogen) atoms. The van der Waals surface area contributed by atoms with E-state index in [0.717, 1.165) is 22.6 Å². The first-order chi connectivity index (χ1) is 8.13. The Kier molecular flexibility index (Phi) is 4.35. The quantitative estimate of drug-likeness (QED) is 0.836. The molecule has 2 N–H and O–H groups in total. The van der Waals surface area contributed by atoms with Crippen molar-refractivity contribution in [3.05, 3.63) is 29.8 Å². The molecule has 0 aliphatic carbocycles. The largest absolute Gasteiger partial charge is 0.399 e. The number of benzene rings is 1. The molecule has 2 nitrogen and oxygen atoms in total. The molecule has 0 saturated carbocycles. The van der Waals surface area contributed by atoms with Gasteiger partial charge in [0.15, 0.2) is 0 Å². The van der Waals surface area contributed by atoms with Crippen molar-refractivity contribution in [2.75, 3.05) is 25.4 Å². The van der Waals surface area contributed by atoms with Crippen LogP contribution in [0.25, 0.3) is 0 Å². The summed E-state index contributed by atoms with van der Waals surface area (Å²) in [6.07, 6.45) is 1.13.